The first kappa shape index (κ1) is 16.7. The van der Waals surface area contributed by atoms with E-state index in [1.807, 2.05) is 19.3 Å². The van der Waals surface area contributed by atoms with E-state index in [2.05, 4.69) is 21.5 Å². The van der Waals surface area contributed by atoms with Gasteiger partial charge in [-0.3, -0.25) is 4.90 Å². The average molecular weight is 280 g/mol. The number of hydrogen-bond donors (Lipinski definition) is 1. The fourth-order valence-corrected chi connectivity index (χ4v) is 1.95. The minimum atomic E-state index is -0.555. The summed E-state index contributed by atoms with van der Waals surface area (Å²) in [5.41, 5.74) is 1.19. The number of methoxy groups -OCH3 is 1. The molecule has 1 rings (SSSR count). The van der Waals surface area contributed by atoms with Crippen molar-refractivity contribution in [1.29, 1.82) is 0 Å². The molecule has 0 saturated carbocycles. The van der Waals surface area contributed by atoms with Crippen LogP contribution in [-0.2, 0) is 23.1 Å². The summed E-state index contributed by atoms with van der Waals surface area (Å²) in [5, 5.41) is 9.96. The van der Waals surface area contributed by atoms with Crippen LogP contribution in [0.5, 0.6) is 0 Å². The molecule has 0 spiro atoms. The Kier molecular flexibility index (Phi) is 8.00. The van der Waals surface area contributed by atoms with Crippen LogP contribution in [0.3, 0.4) is 0 Å². The number of nitrogens with zero attached hydrogens (tertiary/aromatic N) is 2. The molecule has 0 fully saturated rings. The topological polar surface area (TPSA) is 46.9 Å². The number of aryl methyl sites for hydroxylation is 1. The van der Waals surface area contributed by atoms with E-state index in [1.165, 1.54) is 5.69 Å². The Morgan fingerprint density at radius 2 is 2.35 bits per heavy atom. The fourth-order valence-electron chi connectivity index (χ4n) is 1.95. The van der Waals surface area contributed by atoms with Crippen molar-refractivity contribution >= 4 is 0 Å². The summed E-state index contributed by atoms with van der Waals surface area (Å²) in [6, 6.07) is 4.08. The Labute approximate surface area is 121 Å². The number of aromatic nitrogens is 1. The zero-order valence-electron chi connectivity index (χ0n) is 12.3. The highest BCUT2D eigenvalue weighted by Crippen LogP contribution is 2.06. The third-order valence-corrected chi connectivity index (χ3v) is 3.01. The van der Waals surface area contributed by atoms with E-state index in [-0.39, 0.29) is 13.2 Å². The van der Waals surface area contributed by atoms with Crippen LogP contribution in [0.1, 0.15) is 5.69 Å². The molecular formula is C15H24N2O3. The minimum absolute atomic E-state index is 0.229. The van der Waals surface area contributed by atoms with Gasteiger partial charge in [0.25, 0.3) is 0 Å². The van der Waals surface area contributed by atoms with Gasteiger partial charge in [0.2, 0.25) is 0 Å². The third kappa shape index (κ3) is 6.22. The van der Waals surface area contributed by atoms with Crippen LogP contribution in [0.15, 0.2) is 18.3 Å². The highest BCUT2D eigenvalue weighted by molar-refractivity contribution is 5.06. The van der Waals surface area contributed by atoms with Gasteiger partial charge in [0.1, 0.15) is 6.61 Å². The molecule has 20 heavy (non-hydrogen) atoms. The molecule has 5 heteroatoms. The number of hydrogen-bond acceptors (Lipinski definition) is 4. The summed E-state index contributed by atoms with van der Waals surface area (Å²) in [4.78, 5) is 2.14. The number of aliphatic hydroxyl groups is 1. The lowest BCUT2D eigenvalue weighted by atomic mass is 10.3. The van der Waals surface area contributed by atoms with Crippen LogP contribution in [0.25, 0.3) is 0 Å². The van der Waals surface area contributed by atoms with Crippen molar-refractivity contribution in [1.82, 2.24) is 9.47 Å². The maximum Gasteiger partial charge on any atom is 0.107 e. The minimum Gasteiger partial charge on any atom is -0.389 e. The summed E-state index contributed by atoms with van der Waals surface area (Å²) < 4.78 is 12.3. The highest BCUT2D eigenvalue weighted by atomic mass is 16.5. The lowest BCUT2D eigenvalue weighted by molar-refractivity contribution is 0.0203. The quantitative estimate of drug-likeness (QED) is 0.500. The molecule has 1 unspecified atom stereocenters. The Hall–Kier alpha value is -1.32. The van der Waals surface area contributed by atoms with Gasteiger partial charge < -0.3 is 19.1 Å². The highest BCUT2D eigenvalue weighted by Gasteiger charge is 2.13. The molecule has 1 atom stereocenters. The molecule has 0 radical (unpaired) electrons. The van der Waals surface area contributed by atoms with Gasteiger partial charge >= 0.3 is 0 Å². The molecule has 0 aliphatic carbocycles. The summed E-state index contributed by atoms with van der Waals surface area (Å²) in [6.45, 7) is 3.15. The number of terminal acetylenes is 1. The SMILES string of the molecule is C#CCOCC(O)CN(CCOC)Cc1cccn1C. The molecule has 0 aromatic carbocycles. The third-order valence-electron chi connectivity index (χ3n) is 3.01. The standard InChI is InChI=1S/C15H24N2O3/c1-4-9-20-13-15(18)12-17(8-10-19-3)11-14-6-5-7-16(14)2/h1,5-7,15,18H,8-13H2,2-3H3. The first-order chi connectivity index (χ1) is 9.67. The van der Waals surface area contributed by atoms with Crippen molar-refractivity contribution < 1.29 is 14.6 Å². The number of aliphatic hydroxyl groups excluding tert-OH is 1. The molecule has 0 saturated heterocycles. The fraction of sp³-hybridized carbons (Fsp3) is 0.600. The van der Waals surface area contributed by atoms with Gasteiger partial charge in [0, 0.05) is 45.7 Å². The first-order valence-electron chi connectivity index (χ1n) is 6.68. The number of rotatable bonds is 10. The molecule has 0 aliphatic rings. The molecule has 1 aromatic heterocycles. The smallest absolute Gasteiger partial charge is 0.107 e. The van der Waals surface area contributed by atoms with E-state index in [0.29, 0.717) is 13.2 Å². The van der Waals surface area contributed by atoms with Gasteiger partial charge in [-0.25, -0.2) is 0 Å². The predicted octanol–water partition coefficient (Wildman–Crippen LogP) is 0.484. The normalized spacial score (nSPS) is 12.6. The largest absolute Gasteiger partial charge is 0.389 e. The predicted molar refractivity (Wildman–Crippen MR) is 78.2 cm³/mol. The van der Waals surface area contributed by atoms with Gasteiger partial charge in [-0.05, 0) is 12.1 Å². The second kappa shape index (κ2) is 9.56. The van der Waals surface area contributed by atoms with Crippen molar-refractivity contribution in [2.45, 2.75) is 12.6 Å². The van der Waals surface area contributed by atoms with Crippen molar-refractivity contribution in [3.8, 4) is 12.3 Å². The van der Waals surface area contributed by atoms with E-state index >= 15 is 0 Å². The molecule has 1 heterocycles. The molecule has 1 N–H and O–H groups in total. The lowest BCUT2D eigenvalue weighted by Gasteiger charge is -2.25. The van der Waals surface area contributed by atoms with Gasteiger partial charge in [0.15, 0.2) is 0 Å². The number of ether oxygens (including phenoxy) is 2. The Balaban J connectivity index is 2.47. The van der Waals surface area contributed by atoms with E-state index in [0.717, 1.165) is 13.1 Å². The van der Waals surface area contributed by atoms with E-state index in [1.54, 1.807) is 7.11 Å². The maximum absolute atomic E-state index is 9.96. The van der Waals surface area contributed by atoms with Gasteiger partial charge in [0.05, 0.1) is 19.3 Å². The van der Waals surface area contributed by atoms with E-state index < -0.39 is 6.10 Å². The lowest BCUT2D eigenvalue weighted by Crippen LogP contribution is -2.37. The van der Waals surface area contributed by atoms with Crippen LogP contribution in [0.4, 0.5) is 0 Å². The van der Waals surface area contributed by atoms with Crippen molar-refractivity contribution in [2.75, 3.05) is 40.0 Å². The van der Waals surface area contributed by atoms with Crippen molar-refractivity contribution in [2.24, 2.45) is 7.05 Å². The Morgan fingerprint density at radius 1 is 1.55 bits per heavy atom. The van der Waals surface area contributed by atoms with Crippen LogP contribution < -0.4 is 0 Å². The van der Waals surface area contributed by atoms with Crippen molar-refractivity contribution in [3.63, 3.8) is 0 Å². The molecule has 0 bridgehead atoms. The summed E-state index contributed by atoms with van der Waals surface area (Å²) >= 11 is 0. The maximum atomic E-state index is 9.96. The van der Waals surface area contributed by atoms with Crippen LogP contribution in [-0.4, -0.2) is 60.7 Å². The summed E-state index contributed by atoms with van der Waals surface area (Å²) in [5.74, 6) is 2.38. The monoisotopic (exact) mass is 280 g/mol. The van der Waals surface area contributed by atoms with E-state index in [4.69, 9.17) is 15.9 Å². The molecular weight excluding hydrogens is 256 g/mol. The Morgan fingerprint density at radius 3 is 2.95 bits per heavy atom. The van der Waals surface area contributed by atoms with E-state index in [9.17, 15) is 5.11 Å². The van der Waals surface area contributed by atoms with Crippen LogP contribution in [0.2, 0.25) is 0 Å². The summed E-state index contributed by atoms with van der Waals surface area (Å²) in [7, 11) is 3.68. The molecule has 0 amide bonds. The zero-order valence-corrected chi connectivity index (χ0v) is 12.3. The molecule has 1 aromatic rings. The van der Waals surface area contributed by atoms with Crippen molar-refractivity contribution in [3.05, 3.63) is 24.0 Å². The zero-order chi connectivity index (χ0) is 14.8. The molecule has 0 aliphatic heterocycles. The summed E-state index contributed by atoms with van der Waals surface area (Å²) in [6.07, 6.45) is 6.56. The Bertz CT molecular complexity index is 411. The van der Waals surface area contributed by atoms with Gasteiger partial charge in [-0.2, -0.15) is 0 Å². The van der Waals surface area contributed by atoms with Crippen LogP contribution in [0, 0.1) is 12.3 Å². The van der Waals surface area contributed by atoms with Gasteiger partial charge in [-0.1, -0.05) is 5.92 Å². The second-order valence-electron chi connectivity index (χ2n) is 4.71. The second-order valence-corrected chi connectivity index (χ2v) is 4.71. The molecule has 5 nitrogen and oxygen atoms in total. The molecule has 112 valence electrons. The first-order valence-corrected chi connectivity index (χ1v) is 6.68. The van der Waals surface area contributed by atoms with Crippen LogP contribution >= 0.6 is 0 Å². The van der Waals surface area contributed by atoms with Gasteiger partial charge in [-0.15, -0.1) is 6.42 Å². The average Bonchev–Trinajstić information content (AvgIpc) is 2.82.